The number of hydrogen-bond acceptors (Lipinski definition) is 5. The summed E-state index contributed by atoms with van der Waals surface area (Å²) in [6, 6.07) is 17.5. The van der Waals surface area contributed by atoms with Gasteiger partial charge in [-0.15, -0.1) is 11.8 Å². The summed E-state index contributed by atoms with van der Waals surface area (Å²) in [6.45, 7) is 1.11. The Hall–Kier alpha value is -2.67. The Morgan fingerprint density at radius 3 is 2.67 bits per heavy atom. The monoisotopic (exact) mass is 385 g/mol. The van der Waals surface area contributed by atoms with Crippen LogP contribution >= 0.6 is 11.8 Å². The van der Waals surface area contributed by atoms with E-state index < -0.39 is 6.10 Å². The highest BCUT2D eigenvalue weighted by Crippen LogP contribution is 2.32. The minimum atomic E-state index is -0.633. The van der Waals surface area contributed by atoms with Crippen LogP contribution in [0.3, 0.4) is 0 Å². The molecule has 1 aliphatic rings. The molecule has 0 aromatic heterocycles. The fourth-order valence-corrected chi connectivity index (χ4v) is 3.65. The van der Waals surface area contributed by atoms with Crippen LogP contribution in [0.2, 0.25) is 0 Å². The molecule has 2 aromatic carbocycles. The minimum absolute atomic E-state index is 0.0731. The van der Waals surface area contributed by atoms with Gasteiger partial charge in [0.05, 0.1) is 18.8 Å². The molecule has 1 aliphatic heterocycles. The Labute approximate surface area is 163 Å². The van der Waals surface area contributed by atoms with E-state index in [0.717, 1.165) is 11.4 Å². The van der Waals surface area contributed by atoms with Crippen molar-refractivity contribution in [2.75, 3.05) is 37.3 Å². The standard InChI is InChI=1S/C20H23N3O3S/c1-21-20(25)18-13-23(16-9-5-6-10-17(16)26-18)14-19(24)22-11-12-27-15-7-3-2-4-8-15/h2-10,18H,11-14H2,1H3,(H,21,25)(H,22,24)/t18-/m1/s1. The first kappa shape index (κ1) is 19.1. The van der Waals surface area contributed by atoms with E-state index in [1.807, 2.05) is 47.4 Å². The van der Waals surface area contributed by atoms with Crippen LogP contribution in [0.15, 0.2) is 59.5 Å². The van der Waals surface area contributed by atoms with Crippen molar-refractivity contribution in [2.45, 2.75) is 11.0 Å². The zero-order chi connectivity index (χ0) is 19.1. The Balaban J connectivity index is 1.53. The maximum absolute atomic E-state index is 12.4. The van der Waals surface area contributed by atoms with Gasteiger partial charge in [0.2, 0.25) is 5.91 Å². The first-order valence-corrected chi connectivity index (χ1v) is 9.82. The Kier molecular flexibility index (Phi) is 6.59. The molecule has 0 aliphatic carbocycles. The SMILES string of the molecule is CNC(=O)[C@H]1CN(CC(=O)NCCSc2ccccc2)c2ccccc2O1. The van der Waals surface area contributed by atoms with E-state index >= 15 is 0 Å². The number of benzene rings is 2. The summed E-state index contributed by atoms with van der Waals surface area (Å²) in [4.78, 5) is 27.4. The van der Waals surface area contributed by atoms with Crippen molar-refractivity contribution in [1.82, 2.24) is 10.6 Å². The van der Waals surface area contributed by atoms with Gasteiger partial charge in [-0.3, -0.25) is 9.59 Å². The molecule has 0 radical (unpaired) electrons. The Morgan fingerprint density at radius 1 is 1.15 bits per heavy atom. The fraction of sp³-hybridized carbons (Fsp3) is 0.300. The van der Waals surface area contributed by atoms with Gasteiger partial charge in [-0.05, 0) is 24.3 Å². The molecule has 2 N–H and O–H groups in total. The molecule has 0 saturated heterocycles. The summed E-state index contributed by atoms with van der Waals surface area (Å²) in [5.41, 5.74) is 0.825. The van der Waals surface area contributed by atoms with Crippen LogP contribution in [-0.2, 0) is 9.59 Å². The van der Waals surface area contributed by atoms with Gasteiger partial charge in [0.15, 0.2) is 6.10 Å². The van der Waals surface area contributed by atoms with E-state index in [9.17, 15) is 9.59 Å². The van der Waals surface area contributed by atoms with Gasteiger partial charge in [0.1, 0.15) is 5.75 Å². The van der Waals surface area contributed by atoms with E-state index in [1.54, 1.807) is 18.8 Å². The highest BCUT2D eigenvalue weighted by Gasteiger charge is 2.30. The number of carbonyl (C=O) groups is 2. The second kappa shape index (κ2) is 9.32. The van der Waals surface area contributed by atoms with Crippen LogP contribution in [0.4, 0.5) is 5.69 Å². The molecule has 0 fully saturated rings. The van der Waals surface area contributed by atoms with E-state index in [4.69, 9.17) is 4.74 Å². The van der Waals surface area contributed by atoms with Crippen LogP contribution in [0.25, 0.3) is 0 Å². The number of nitrogens with one attached hydrogen (secondary N) is 2. The second-order valence-corrected chi connectivity index (χ2v) is 7.25. The zero-order valence-electron chi connectivity index (χ0n) is 15.2. The van der Waals surface area contributed by atoms with Gasteiger partial charge < -0.3 is 20.3 Å². The molecule has 0 saturated carbocycles. The van der Waals surface area contributed by atoms with Crippen LogP contribution in [0.5, 0.6) is 5.75 Å². The third-order valence-corrected chi connectivity index (χ3v) is 5.18. The second-order valence-electron chi connectivity index (χ2n) is 6.08. The molecule has 2 amide bonds. The molecule has 6 nitrogen and oxygen atoms in total. The predicted molar refractivity (Wildman–Crippen MR) is 107 cm³/mol. The van der Waals surface area contributed by atoms with Crippen molar-refractivity contribution in [3.8, 4) is 5.75 Å². The number of thioether (sulfide) groups is 1. The topological polar surface area (TPSA) is 70.7 Å². The fourth-order valence-electron chi connectivity index (χ4n) is 2.86. The van der Waals surface area contributed by atoms with Crippen molar-refractivity contribution in [3.05, 3.63) is 54.6 Å². The summed E-state index contributed by atoms with van der Waals surface area (Å²) in [5, 5.41) is 5.55. The van der Waals surface area contributed by atoms with Crippen LogP contribution in [-0.4, -0.2) is 50.4 Å². The van der Waals surface area contributed by atoms with Crippen molar-refractivity contribution in [3.63, 3.8) is 0 Å². The largest absolute Gasteiger partial charge is 0.477 e. The number of carbonyl (C=O) groups excluding carboxylic acids is 2. The van der Waals surface area contributed by atoms with Crippen molar-refractivity contribution >= 4 is 29.3 Å². The van der Waals surface area contributed by atoms with Crippen LogP contribution in [0, 0.1) is 0 Å². The molecule has 0 spiro atoms. The molecule has 142 valence electrons. The van der Waals surface area contributed by atoms with Gasteiger partial charge in [0, 0.05) is 24.2 Å². The highest BCUT2D eigenvalue weighted by atomic mass is 32.2. The van der Waals surface area contributed by atoms with E-state index in [-0.39, 0.29) is 18.4 Å². The number of fused-ring (bicyclic) bond motifs is 1. The van der Waals surface area contributed by atoms with E-state index in [0.29, 0.717) is 18.8 Å². The number of para-hydroxylation sites is 2. The van der Waals surface area contributed by atoms with Gasteiger partial charge in [0.25, 0.3) is 5.91 Å². The normalized spacial score (nSPS) is 15.4. The summed E-state index contributed by atoms with van der Waals surface area (Å²) in [6.07, 6.45) is -0.633. The first-order valence-electron chi connectivity index (χ1n) is 8.84. The van der Waals surface area contributed by atoms with Crippen LogP contribution in [0.1, 0.15) is 0 Å². The average molecular weight is 385 g/mol. The first-order chi connectivity index (χ1) is 13.2. The number of rotatable bonds is 7. The van der Waals surface area contributed by atoms with Crippen molar-refractivity contribution in [1.29, 1.82) is 0 Å². The predicted octanol–water partition coefficient (Wildman–Crippen LogP) is 1.91. The maximum Gasteiger partial charge on any atom is 0.262 e. The summed E-state index contributed by atoms with van der Waals surface area (Å²) in [5.74, 6) is 1.14. The molecule has 27 heavy (non-hydrogen) atoms. The van der Waals surface area contributed by atoms with Crippen LogP contribution < -0.4 is 20.3 Å². The number of ether oxygens (including phenoxy) is 1. The maximum atomic E-state index is 12.4. The van der Waals surface area contributed by atoms with Gasteiger partial charge >= 0.3 is 0 Å². The zero-order valence-corrected chi connectivity index (χ0v) is 16.0. The quantitative estimate of drug-likeness (QED) is 0.563. The molecular weight excluding hydrogens is 362 g/mol. The lowest BCUT2D eigenvalue weighted by Gasteiger charge is -2.34. The molecular formula is C20H23N3O3S. The van der Waals surface area contributed by atoms with Gasteiger partial charge in [-0.1, -0.05) is 30.3 Å². The Morgan fingerprint density at radius 2 is 1.89 bits per heavy atom. The van der Waals surface area contributed by atoms with Gasteiger partial charge in [-0.25, -0.2) is 0 Å². The lowest BCUT2D eigenvalue weighted by atomic mass is 10.1. The van der Waals surface area contributed by atoms with E-state index in [2.05, 4.69) is 22.8 Å². The third-order valence-electron chi connectivity index (χ3n) is 4.17. The number of nitrogens with zero attached hydrogens (tertiary/aromatic N) is 1. The number of hydrogen-bond donors (Lipinski definition) is 2. The molecule has 0 unspecified atom stereocenters. The van der Waals surface area contributed by atoms with Gasteiger partial charge in [-0.2, -0.15) is 0 Å². The minimum Gasteiger partial charge on any atom is -0.477 e. The van der Waals surface area contributed by atoms with E-state index in [1.165, 1.54) is 4.90 Å². The number of amides is 2. The number of likely N-dealkylation sites (N-methyl/N-ethyl adjacent to an activating group) is 1. The highest BCUT2D eigenvalue weighted by molar-refractivity contribution is 7.99. The summed E-state index contributed by atoms with van der Waals surface area (Å²) >= 11 is 1.70. The molecule has 0 bridgehead atoms. The molecule has 1 atom stereocenters. The molecule has 7 heteroatoms. The number of anilines is 1. The molecule has 3 rings (SSSR count). The Bertz CT molecular complexity index is 785. The summed E-state index contributed by atoms with van der Waals surface area (Å²) < 4.78 is 5.76. The third kappa shape index (κ3) is 5.17. The molecule has 1 heterocycles. The lowest BCUT2D eigenvalue weighted by Crippen LogP contribution is -2.50. The average Bonchev–Trinajstić information content (AvgIpc) is 2.71. The summed E-state index contributed by atoms with van der Waals surface area (Å²) in [7, 11) is 1.58. The molecule has 2 aromatic rings. The van der Waals surface area contributed by atoms with Crippen molar-refractivity contribution in [2.24, 2.45) is 0 Å². The lowest BCUT2D eigenvalue weighted by molar-refractivity contribution is -0.127. The van der Waals surface area contributed by atoms with Crippen molar-refractivity contribution < 1.29 is 14.3 Å². The smallest absolute Gasteiger partial charge is 0.262 e.